The van der Waals surface area contributed by atoms with E-state index in [4.69, 9.17) is 5.73 Å². The van der Waals surface area contributed by atoms with Crippen molar-refractivity contribution in [3.05, 3.63) is 58.9 Å². The fourth-order valence-corrected chi connectivity index (χ4v) is 2.84. The number of benzene rings is 2. The van der Waals surface area contributed by atoms with Crippen LogP contribution in [-0.4, -0.2) is 12.5 Å². The van der Waals surface area contributed by atoms with Crippen molar-refractivity contribution in [1.29, 1.82) is 0 Å². The number of anilines is 2. The molecule has 1 heterocycles. The van der Waals surface area contributed by atoms with Gasteiger partial charge >= 0.3 is 0 Å². The second-order valence-corrected chi connectivity index (χ2v) is 5.39. The van der Waals surface area contributed by atoms with Crippen molar-refractivity contribution < 1.29 is 9.18 Å². The second-order valence-electron chi connectivity index (χ2n) is 5.39. The van der Waals surface area contributed by atoms with Crippen LogP contribution in [0.5, 0.6) is 0 Å². The number of hydrogen-bond donors (Lipinski definition) is 1. The van der Waals surface area contributed by atoms with Gasteiger partial charge in [0.25, 0.3) is 5.91 Å². The summed E-state index contributed by atoms with van der Waals surface area (Å²) in [5.74, 6) is -0.813. The van der Waals surface area contributed by atoms with Crippen LogP contribution in [0.3, 0.4) is 0 Å². The minimum absolute atomic E-state index is 0.0456. The van der Waals surface area contributed by atoms with Crippen LogP contribution >= 0.6 is 0 Å². The molecule has 3 nitrogen and oxygen atoms in total. The molecule has 0 atom stereocenters. The number of nitrogens with two attached hydrogens (primary N) is 1. The first-order valence-corrected chi connectivity index (χ1v) is 7.03. The van der Waals surface area contributed by atoms with Gasteiger partial charge in [-0.2, -0.15) is 0 Å². The van der Waals surface area contributed by atoms with Gasteiger partial charge in [0.1, 0.15) is 5.82 Å². The number of carbonyl (C=O) groups excluding carboxylic acids is 1. The van der Waals surface area contributed by atoms with Crippen molar-refractivity contribution in [2.24, 2.45) is 0 Å². The van der Waals surface area contributed by atoms with Gasteiger partial charge in [-0.15, -0.1) is 0 Å². The highest BCUT2D eigenvalue weighted by Crippen LogP contribution is 2.29. The summed E-state index contributed by atoms with van der Waals surface area (Å²) in [6, 6.07) is 10.7. The van der Waals surface area contributed by atoms with E-state index in [-0.39, 0.29) is 11.5 Å². The number of halogens is 1. The quantitative estimate of drug-likeness (QED) is 0.817. The van der Waals surface area contributed by atoms with Crippen molar-refractivity contribution >= 4 is 17.3 Å². The molecule has 0 aromatic heterocycles. The summed E-state index contributed by atoms with van der Waals surface area (Å²) < 4.78 is 14.3. The summed E-state index contributed by atoms with van der Waals surface area (Å²) in [5.41, 5.74) is 8.59. The molecule has 3 rings (SSSR count). The van der Waals surface area contributed by atoms with Gasteiger partial charge in [0, 0.05) is 17.9 Å². The monoisotopic (exact) mass is 284 g/mol. The molecule has 0 aliphatic carbocycles. The first-order valence-electron chi connectivity index (χ1n) is 7.03. The zero-order chi connectivity index (χ0) is 15.0. The molecule has 0 fully saturated rings. The molecule has 0 saturated carbocycles. The molecule has 0 radical (unpaired) electrons. The molecular weight excluding hydrogens is 267 g/mol. The molecule has 2 aromatic carbocycles. The molecule has 1 aliphatic heterocycles. The zero-order valence-electron chi connectivity index (χ0n) is 11.9. The van der Waals surface area contributed by atoms with Gasteiger partial charge in [0.2, 0.25) is 0 Å². The number of para-hydroxylation sites is 1. The lowest BCUT2D eigenvalue weighted by Crippen LogP contribution is -2.36. The van der Waals surface area contributed by atoms with Gasteiger partial charge in [0.05, 0.1) is 5.56 Å². The summed E-state index contributed by atoms with van der Waals surface area (Å²) in [6.45, 7) is 2.22. The van der Waals surface area contributed by atoms with Crippen molar-refractivity contribution in [3.8, 4) is 0 Å². The molecule has 2 aromatic rings. The predicted molar refractivity (Wildman–Crippen MR) is 82.0 cm³/mol. The Bertz CT molecular complexity index is 712. The molecule has 0 spiro atoms. The third-order valence-corrected chi connectivity index (χ3v) is 3.86. The van der Waals surface area contributed by atoms with Crippen LogP contribution in [0.15, 0.2) is 36.4 Å². The molecular formula is C17H17FN2O. The van der Waals surface area contributed by atoms with Crippen LogP contribution in [-0.2, 0) is 6.42 Å². The van der Waals surface area contributed by atoms with Crippen LogP contribution in [0.4, 0.5) is 15.8 Å². The number of nitrogen functional groups attached to an aromatic ring is 1. The van der Waals surface area contributed by atoms with E-state index in [9.17, 15) is 9.18 Å². The van der Waals surface area contributed by atoms with E-state index in [1.807, 2.05) is 24.3 Å². The van der Waals surface area contributed by atoms with Crippen LogP contribution in [0.25, 0.3) is 0 Å². The van der Waals surface area contributed by atoms with Gasteiger partial charge in [-0.3, -0.25) is 4.79 Å². The first kappa shape index (κ1) is 13.6. The van der Waals surface area contributed by atoms with E-state index in [2.05, 4.69) is 0 Å². The third-order valence-electron chi connectivity index (χ3n) is 3.86. The topological polar surface area (TPSA) is 46.3 Å². The Labute approximate surface area is 123 Å². The molecule has 0 saturated heterocycles. The van der Waals surface area contributed by atoms with E-state index in [0.717, 1.165) is 24.1 Å². The van der Waals surface area contributed by atoms with Gasteiger partial charge in [-0.1, -0.05) is 18.2 Å². The van der Waals surface area contributed by atoms with Crippen LogP contribution in [0.2, 0.25) is 0 Å². The van der Waals surface area contributed by atoms with Crippen molar-refractivity contribution in [2.75, 3.05) is 17.2 Å². The standard InChI is InChI=1S/C17H17FN2O/c1-11-9-13(19)10-14(16(11)18)17(21)20-8-4-6-12-5-2-3-7-15(12)20/h2-3,5,7,9-10H,4,6,8,19H2,1H3. The van der Waals surface area contributed by atoms with E-state index in [0.29, 0.717) is 17.8 Å². The van der Waals surface area contributed by atoms with Crippen molar-refractivity contribution in [3.63, 3.8) is 0 Å². The van der Waals surface area contributed by atoms with E-state index in [1.165, 1.54) is 12.1 Å². The number of fused-ring (bicyclic) bond motifs is 1. The zero-order valence-corrected chi connectivity index (χ0v) is 11.9. The minimum Gasteiger partial charge on any atom is -0.399 e. The Morgan fingerprint density at radius 1 is 1.29 bits per heavy atom. The van der Waals surface area contributed by atoms with E-state index < -0.39 is 5.82 Å². The maximum absolute atomic E-state index is 14.3. The molecule has 1 amide bonds. The third kappa shape index (κ3) is 2.37. The van der Waals surface area contributed by atoms with E-state index in [1.54, 1.807) is 11.8 Å². The fourth-order valence-electron chi connectivity index (χ4n) is 2.84. The lowest BCUT2D eigenvalue weighted by atomic mass is 10.00. The lowest BCUT2D eigenvalue weighted by Gasteiger charge is -2.29. The van der Waals surface area contributed by atoms with Crippen LogP contribution < -0.4 is 10.6 Å². The molecule has 1 aliphatic rings. The Kier molecular flexibility index (Phi) is 3.37. The normalized spacial score (nSPS) is 13.9. The lowest BCUT2D eigenvalue weighted by molar-refractivity contribution is 0.0981. The minimum atomic E-state index is -0.489. The second kappa shape index (κ2) is 5.20. The summed E-state index contributed by atoms with van der Waals surface area (Å²) in [7, 11) is 0. The van der Waals surface area contributed by atoms with Gasteiger partial charge in [-0.25, -0.2) is 4.39 Å². The number of hydrogen-bond acceptors (Lipinski definition) is 2. The average molecular weight is 284 g/mol. The summed E-state index contributed by atoms with van der Waals surface area (Å²) in [4.78, 5) is 14.4. The highest BCUT2D eigenvalue weighted by Gasteiger charge is 2.26. The molecule has 2 N–H and O–H groups in total. The molecule has 0 bridgehead atoms. The van der Waals surface area contributed by atoms with Gasteiger partial charge in [-0.05, 0) is 49.1 Å². The Hall–Kier alpha value is -2.36. The Morgan fingerprint density at radius 3 is 2.86 bits per heavy atom. The van der Waals surface area contributed by atoms with Crippen molar-refractivity contribution in [1.82, 2.24) is 0 Å². The average Bonchev–Trinajstić information content (AvgIpc) is 2.49. The van der Waals surface area contributed by atoms with Gasteiger partial charge < -0.3 is 10.6 Å². The number of rotatable bonds is 1. The van der Waals surface area contributed by atoms with E-state index >= 15 is 0 Å². The highest BCUT2D eigenvalue weighted by atomic mass is 19.1. The molecule has 4 heteroatoms. The molecule has 21 heavy (non-hydrogen) atoms. The van der Waals surface area contributed by atoms with Crippen LogP contribution in [0, 0.1) is 12.7 Å². The predicted octanol–water partition coefficient (Wildman–Crippen LogP) is 3.31. The SMILES string of the molecule is Cc1cc(N)cc(C(=O)N2CCCc3ccccc32)c1F. The number of aryl methyl sites for hydroxylation is 2. The Morgan fingerprint density at radius 2 is 2.05 bits per heavy atom. The molecule has 108 valence electrons. The van der Waals surface area contributed by atoms with Gasteiger partial charge in [0.15, 0.2) is 0 Å². The summed E-state index contributed by atoms with van der Waals surface area (Å²) in [6.07, 6.45) is 1.82. The Balaban J connectivity index is 2.05. The van der Waals surface area contributed by atoms with Crippen LogP contribution in [0.1, 0.15) is 27.9 Å². The fraction of sp³-hybridized carbons (Fsp3) is 0.235. The largest absolute Gasteiger partial charge is 0.399 e. The maximum Gasteiger partial charge on any atom is 0.261 e. The number of amides is 1. The number of carbonyl (C=O) groups is 1. The maximum atomic E-state index is 14.3. The van der Waals surface area contributed by atoms with Crippen molar-refractivity contribution in [2.45, 2.75) is 19.8 Å². The summed E-state index contributed by atoms with van der Waals surface area (Å²) in [5, 5.41) is 0. The number of nitrogens with zero attached hydrogens (tertiary/aromatic N) is 1. The summed E-state index contributed by atoms with van der Waals surface area (Å²) >= 11 is 0. The highest BCUT2D eigenvalue weighted by molar-refractivity contribution is 6.07. The first-order chi connectivity index (χ1) is 10.1. The smallest absolute Gasteiger partial charge is 0.261 e. The molecule has 0 unspecified atom stereocenters.